The van der Waals surface area contributed by atoms with Crippen molar-refractivity contribution in [3.05, 3.63) is 95.6 Å². The molecule has 1 aliphatic heterocycles. The number of esters is 1. The van der Waals surface area contributed by atoms with Gasteiger partial charge >= 0.3 is 5.97 Å². The van der Waals surface area contributed by atoms with Crippen LogP contribution in [0, 0.1) is 9.39 Å². The number of hydrogen-bond acceptors (Lipinski definition) is 6. The molecule has 1 heterocycles. The lowest BCUT2D eigenvalue weighted by Crippen LogP contribution is -2.27. The number of rotatable bonds is 6. The molecular formula is C25H15Cl2FINO5S. The molecule has 2 amide bonds. The minimum absolute atomic E-state index is 0.0830. The van der Waals surface area contributed by atoms with E-state index in [0.29, 0.717) is 19.7 Å². The molecule has 0 aromatic heterocycles. The second-order valence-corrected chi connectivity index (χ2v) is 10.4. The van der Waals surface area contributed by atoms with Crippen LogP contribution < -0.4 is 9.47 Å². The first kappa shape index (κ1) is 26.5. The SMILES string of the molecule is COc1cc(/C=C2\SC(=O)N(Cc3ccc(F)cc3Cl)C2=O)cc(I)c1OC(=O)c1cccc(Cl)c1. The predicted octanol–water partition coefficient (Wildman–Crippen LogP) is 7.20. The molecule has 0 bridgehead atoms. The molecule has 184 valence electrons. The lowest BCUT2D eigenvalue weighted by Gasteiger charge is -2.14. The van der Waals surface area contributed by atoms with Crippen molar-refractivity contribution in [2.45, 2.75) is 6.54 Å². The van der Waals surface area contributed by atoms with Crippen LogP contribution in [-0.2, 0) is 11.3 Å². The summed E-state index contributed by atoms with van der Waals surface area (Å²) in [6.45, 7) is -0.0830. The van der Waals surface area contributed by atoms with Crippen molar-refractivity contribution in [3.8, 4) is 11.5 Å². The summed E-state index contributed by atoms with van der Waals surface area (Å²) in [6, 6.07) is 13.4. The minimum atomic E-state index is -0.609. The summed E-state index contributed by atoms with van der Waals surface area (Å²) in [7, 11) is 1.42. The third kappa shape index (κ3) is 5.86. The van der Waals surface area contributed by atoms with Crippen LogP contribution >= 0.6 is 57.6 Å². The maximum atomic E-state index is 13.3. The number of imide groups is 1. The third-order valence-corrected chi connectivity index (χ3v) is 7.32. The Morgan fingerprint density at radius 3 is 2.61 bits per heavy atom. The number of thioether (sulfide) groups is 1. The van der Waals surface area contributed by atoms with Crippen LogP contribution in [0.25, 0.3) is 6.08 Å². The predicted molar refractivity (Wildman–Crippen MR) is 145 cm³/mol. The number of amides is 2. The second kappa shape index (κ2) is 11.2. The summed E-state index contributed by atoms with van der Waals surface area (Å²) < 4.78 is 24.8. The Balaban J connectivity index is 1.57. The number of carbonyl (C=O) groups excluding carboxylic acids is 3. The molecular weight excluding hydrogens is 643 g/mol. The standard InChI is InChI=1S/C25H15Cl2FINO5S/c1-34-20-8-13(7-19(29)22(20)35-24(32)14-3-2-4-16(26)10-14)9-21-23(31)30(25(33)36-21)12-15-5-6-17(28)11-18(15)27/h2-11H,12H2,1H3/b21-9-. The molecule has 1 aliphatic rings. The average molecular weight is 658 g/mol. The molecule has 11 heteroatoms. The number of benzene rings is 3. The molecule has 0 spiro atoms. The van der Waals surface area contributed by atoms with Gasteiger partial charge in [-0.2, -0.15) is 0 Å². The highest BCUT2D eigenvalue weighted by Gasteiger charge is 2.35. The Bertz CT molecular complexity index is 1430. The molecule has 0 unspecified atom stereocenters. The zero-order valence-corrected chi connectivity index (χ0v) is 22.9. The second-order valence-electron chi connectivity index (χ2n) is 7.44. The zero-order valence-electron chi connectivity index (χ0n) is 18.4. The molecule has 1 fully saturated rings. The van der Waals surface area contributed by atoms with Gasteiger partial charge in [-0.3, -0.25) is 14.5 Å². The van der Waals surface area contributed by atoms with Crippen molar-refractivity contribution in [3.63, 3.8) is 0 Å². The first-order valence-electron chi connectivity index (χ1n) is 10.2. The van der Waals surface area contributed by atoms with E-state index in [1.165, 1.54) is 25.3 Å². The summed E-state index contributed by atoms with van der Waals surface area (Å²) in [5.74, 6) is -1.15. The van der Waals surface area contributed by atoms with E-state index in [1.807, 2.05) is 22.6 Å². The van der Waals surface area contributed by atoms with Crippen LogP contribution in [0.1, 0.15) is 21.5 Å². The van der Waals surface area contributed by atoms with E-state index in [2.05, 4.69) is 0 Å². The summed E-state index contributed by atoms with van der Waals surface area (Å²) in [5, 5.41) is 0.0534. The van der Waals surface area contributed by atoms with Gasteiger partial charge in [-0.15, -0.1) is 0 Å². The molecule has 0 aliphatic carbocycles. The van der Waals surface area contributed by atoms with Crippen molar-refractivity contribution in [2.75, 3.05) is 7.11 Å². The largest absolute Gasteiger partial charge is 0.493 e. The van der Waals surface area contributed by atoms with Crippen LogP contribution in [0.4, 0.5) is 9.18 Å². The van der Waals surface area contributed by atoms with E-state index in [0.717, 1.165) is 22.7 Å². The molecule has 4 rings (SSSR count). The highest BCUT2D eigenvalue weighted by molar-refractivity contribution is 14.1. The molecule has 6 nitrogen and oxygen atoms in total. The highest BCUT2D eigenvalue weighted by atomic mass is 127. The smallest absolute Gasteiger partial charge is 0.343 e. The van der Waals surface area contributed by atoms with Crippen LogP contribution in [0.3, 0.4) is 0 Å². The minimum Gasteiger partial charge on any atom is -0.493 e. The molecule has 0 radical (unpaired) electrons. The Kier molecular flexibility index (Phi) is 8.23. The molecule has 3 aromatic carbocycles. The van der Waals surface area contributed by atoms with Crippen LogP contribution in [-0.4, -0.2) is 29.1 Å². The Hall–Kier alpha value is -2.60. The van der Waals surface area contributed by atoms with Crippen molar-refractivity contribution in [1.82, 2.24) is 4.90 Å². The fourth-order valence-electron chi connectivity index (χ4n) is 3.30. The van der Waals surface area contributed by atoms with Gasteiger partial charge in [0.05, 0.1) is 27.7 Å². The maximum absolute atomic E-state index is 13.3. The molecule has 0 N–H and O–H groups in total. The van der Waals surface area contributed by atoms with E-state index in [1.54, 1.807) is 36.4 Å². The van der Waals surface area contributed by atoms with E-state index < -0.39 is 22.9 Å². The van der Waals surface area contributed by atoms with Gasteiger partial charge in [0.1, 0.15) is 5.82 Å². The Labute approximate surface area is 233 Å². The lowest BCUT2D eigenvalue weighted by atomic mass is 10.1. The number of hydrogen-bond donors (Lipinski definition) is 0. The van der Waals surface area contributed by atoms with Crippen molar-refractivity contribution >= 4 is 80.7 Å². The van der Waals surface area contributed by atoms with E-state index in [4.69, 9.17) is 32.7 Å². The van der Waals surface area contributed by atoms with Crippen LogP contribution in [0.15, 0.2) is 59.5 Å². The number of ether oxygens (including phenoxy) is 2. The van der Waals surface area contributed by atoms with Crippen molar-refractivity contribution in [2.24, 2.45) is 0 Å². The van der Waals surface area contributed by atoms with Gasteiger partial charge in [-0.25, -0.2) is 9.18 Å². The van der Waals surface area contributed by atoms with E-state index in [9.17, 15) is 18.8 Å². The molecule has 1 saturated heterocycles. The Morgan fingerprint density at radius 2 is 1.92 bits per heavy atom. The van der Waals surface area contributed by atoms with E-state index in [-0.39, 0.29) is 33.5 Å². The van der Waals surface area contributed by atoms with Crippen molar-refractivity contribution in [1.29, 1.82) is 0 Å². The first-order valence-corrected chi connectivity index (χ1v) is 12.9. The van der Waals surface area contributed by atoms with E-state index >= 15 is 0 Å². The third-order valence-electron chi connectivity index (χ3n) is 5.02. The summed E-state index contributed by atoms with van der Waals surface area (Å²) >= 11 is 14.8. The maximum Gasteiger partial charge on any atom is 0.343 e. The van der Waals surface area contributed by atoms with Gasteiger partial charge < -0.3 is 9.47 Å². The average Bonchev–Trinajstić information content (AvgIpc) is 3.09. The monoisotopic (exact) mass is 657 g/mol. The zero-order chi connectivity index (χ0) is 26.0. The Morgan fingerprint density at radius 1 is 1.14 bits per heavy atom. The van der Waals surface area contributed by atoms with Gasteiger partial charge in [-0.1, -0.05) is 35.3 Å². The van der Waals surface area contributed by atoms with Gasteiger partial charge in [0.15, 0.2) is 11.5 Å². The quantitative estimate of drug-likeness (QED) is 0.121. The number of nitrogens with zero attached hydrogens (tertiary/aromatic N) is 1. The van der Waals surface area contributed by atoms with Gasteiger partial charge in [0.25, 0.3) is 11.1 Å². The fraction of sp³-hybridized carbons (Fsp3) is 0.0800. The normalized spacial score (nSPS) is 14.5. The highest BCUT2D eigenvalue weighted by Crippen LogP contribution is 2.38. The first-order chi connectivity index (χ1) is 17.2. The number of methoxy groups -OCH3 is 1. The summed E-state index contributed by atoms with van der Waals surface area (Å²) in [4.78, 5) is 39.3. The molecule has 3 aromatic rings. The number of carbonyl (C=O) groups is 3. The molecule has 0 atom stereocenters. The molecule has 36 heavy (non-hydrogen) atoms. The number of halogens is 4. The van der Waals surface area contributed by atoms with Gasteiger partial charge in [-0.05, 0) is 94.0 Å². The van der Waals surface area contributed by atoms with Crippen LogP contribution in [0.2, 0.25) is 10.0 Å². The van der Waals surface area contributed by atoms with Crippen molar-refractivity contribution < 1.29 is 28.2 Å². The summed E-state index contributed by atoms with van der Waals surface area (Å²) in [6.07, 6.45) is 1.55. The van der Waals surface area contributed by atoms with Crippen LogP contribution in [0.5, 0.6) is 11.5 Å². The van der Waals surface area contributed by atoms with Gasteiger partial charge in [0.2, 0.25) is 0 Å². The molecule has 0 saturated carbocycles. The lowest BCUT2D eigenvalue weighted by molar-refractivity contribution is -0.123. The topological polar surface area (TPSA) is 72.9 Å². The fourth-order valence-corrected chi connectivity index (χ4v) is 5.29. The summed E-state index contributed by atoms with van der Waals surface area (Å²) in [5.41, 5.74) is 1.28. The van der Waals surface area contributed by atoms with Gasteiger partial charge in [0, 0.05) is 10.0 Å².